The topological polar surface area (TPSA) is 3.24 Å². The third-order valence-electron chi connectivity index (χ3n) is 2.43. The van der Waals surface area contributed by atoms with Crippen LogP contribution < -0.4 is 0 Å². The average molecular weight is 208 g/mol. The summed E-state index contributed by atoms with van der Waals surface area (Å²) in [5.74, 6) is 2.85. The fourth-order valence-electron chi connectivity index (χ4n) is 1.70. The van der Waals surface area contributed by atoms with Crippen molar-refractivity contribution in [1.82, 2.24) is 4.90 Å². The van der Waals surface area contributed by atoms with Crippen LogP contribution in [0.3, 0.4) is 0 Å². The second-order valence-electron chi connectivity index (χ2n) is 3.46. The molecule has 1 rings (SSSR count). The number of hydrogen-bond donors (Lipinski definition) is 0. The standard InChI is InChI=1S/C9H18ClNS/c1-12-6-5-11-4-2-3-9(7-10)8-11/h9H,2-8H2,1H3. The molecule has 1 aliphatic heterocycles. The smallest absolute Gasteiger partial charge is 0.0263 e. The van der Waals surface area contributed by atoms with Gasteiger partial charge in [-0.15, -0.1) is 11.6 Å². The van der Waals surface area contributed by atoms with Gasteiger partial charge in [0.1, 0.15) is 0 Å². The Hall–Kier alpha value is 0.600. The molecule has 0 bridgehead atoms. The molecule has 0 amide bonds. The molecule has 0 aliphatic carbocycles. The molecule has 1 saturated heterocycles. The Morgan fingerprint density at radius 3 is 3.08 bits per heavy atom. The van der Waals surface area contributed by atoms with Crippen LogP contribution in [0.2, 0.25) is 0 Å². The van der Waals surface area contributed by atoms with Crippen LogP contribution in [0.4, 0.5) is 0 Å². The molecule has 1 aliphatic rings. The zero-order chi connectivity index (χ0) is 8.81. The van der Waals surface area contributed by atoms with Crippen LogP contribution in [0, 0.1) is 5.92 Å². The van der Waals surface area contributed by atoms with Crippen molar-refractivity contribution in [2.75, 3.05) is 37.5 Å². The maximum absolute atomic E-state index is 5.85. The summed E-state index contributed by atoms with van der Waals surface area (Å²) in [6.45, 7) is 3.76. The first-order valence-electron chi connectivity index (χ1n) is 4.64. The maximum atomic E-state index is 5.85. The van der Waals surface area contributed by atoms with Crippen molar-refractivity contribution in [3.8, 4) is 0 Å². The Morgan fingerprint density at radius 1 is 1.58 bits per heavy atom. The van der Waals surface area contributed by atoms with Gasteiger partial charge >= 0.3 is 0 Å². The van der Waals surface area contributed by atoms with Gasteiger partial charge in [0.25, 0.3) is 0 Å². The predicted octanol–water partition coefficient (Wildman–Crippen LogP) is 2.30. The SMILES string of the molecule is CSCCN1CCCC(CCl)C1. The molecular weight excluding hydrogens is 190 g/mol. The largest absolute Gasteiger partial charge is 0.302 e. The van der Waals surface area contributed by atoms with E-state index < -0.39 is 0 Å². The van der Waals surface area contributed by atoms with E-state index in [2.05, 4.69) is 11.2 Å². The van der Waals surface area contributed by atoms with E-state index in [1.165, 1.54) is 38.2 Å². The molecule has 1 fully saturated rings. The summed E-state index contributed by atoms with van der Waals surface area (Å²) in [5, 5.41) is 0. The van der Waals surface area contributed by atoms with E-state index in [1.807, 2.05) is 11.8 Å². The van der Waals surface area contributed by atoms with Gasteiger partial charge in [-0.3, -0.25) is 0 Å². The van der Waals surface area contributed by atoms with Crippen molar-refractivity contribution in [3.63, 3.8) is 0 Å². The summed E-state index contributed by atoms with van der Waals surface area (Å²) in [6.07, 6.45) is 4.84. The number of rotatable bonds is 4. The van der Waals surface area contributed by atoms with Gasteiger partial charge in [0, 0.05) is 24.7 Å². The summed E-state index contributed by atoms with van der Waals surface area (Å²) < 4.78 is 0. The highest BCUT2D eigenvalue weighted by Gasteiger charge is 2.17. The molecule has 1 nitrogen and oxygen atoms in total. The highest BCUT2D eigenvalue weighted by Crippen LogP contribution is 2.17. The number of nitrogens with zero attached hydrogens (tertiary/aromatic N) is 1. The van der Waals surface area contributed by atoms with Gasteiger partial charge in [-0.2, -0.15) is 11.8 Å². The monoisotopic (exact) mass is 207 g/mol. The van der Waals surface area contributed by atoms with Crippen LogP contribution in [0.5, 0.6) is 0 Å². The molecule has 0 saturated carbocycles. The zero-order valence-electron chi connectivity index (χ0n) is 7.76. The van der Waals surface area contributed by atoms with Crippen molar-refractivity contribution < 1.29 is 0 Å². The summed E-state index contributed by atoms with van der Waals surface area (Å²) >= 11 is 7.78. The molecule has 72 valence electrons. The third kappa shape index (κ3) is 3.55. The van der Waals surface area contributed by atoms with Crippen molar-refractivity contribution in [3.05, 3.63) is 0 Å². The van der Waals surface area contributed by atoms with E-state index in [1.54, 1.807) is 0 Å². The van der Waals surface area contributed by atoms with Crippen molar-refractivity contribution in [1.29, 1.82) is 0 Å². The third-order valence-corrected chi connectivity index (χ3v) is 3.46. The van der Waals surface area contributed by atoms with E-state index in [0.717, 1.165) is 11.8 Å². The Morgan fingerprint density at radius 2 is 2.42 bits per heavy atom. The molecular formula is C9H18ClNS. The first-order chi connectivity index (χ1) is 5.86. The minimum absolute atomic E-state index is 0.752. The van der Waals surface area contributed by atoms with Crippen molar-refractivity contribution in [2.24, 2.45) is 5.92 Å². The van der Waals surface area contributed by atoms with Gasteiger partial charge in [-0.05, 0) is 31.6 Å². The number of hydrogen-bond acceptors (Lipinski definition) is 2. The van der Waals surface area contributed by atoms with Gasteiger partial charge < -0.3 is 4.90 Å². The number of alkyl halides is 1. The molecule has 1 heterocycles. The van der Waals surface area contributed by atoms with E-state index in [-0.39, 0.29) is 0 Å². The van der Waals surface area contributed by atoms with E-state index >= 15 is 0 Å². The fraction of sp³-hybridized carbons (Fsp3) is 1.00. The first-order valence-corrected chi connectivity index (χ1v) is 6.57. The molecule has 12 heavy (non-hydrogen) atoms. The Labute approximate surface area is 84.8 Å². The fourth-order valence-corrected chi connectivity index (χ4v) is 2.39. The van der Waals surface area contributed by atoms with E-state index in [0.29, 0.717) is 0 Å². The summed E-state index contributed by atoms with van der Waals surface area (Å²) in [6, 6.07) is 0. The molecule has 0 spiro atoms. The van der Waals surface area contributed by atoms with E-state index in [9.17, 15) is 0 Å². The highest BCUT2D eigenvalue weighted by atomic mass is 35.5. The lowest BCUT2D eigenvalue weighted by molar-refractivity contribution is 0.196. The minimum atomic E-state index is 0.752. The lowest BCUT2D eigenvalue weighted by atomic mass is 10.0. The lowest BCUT2D eigenvalue weighted by Gasteiger charge is -2.31. The van der Waals surface area contributed by atoms with Gasteiger partial charge in [-0.1, -0.05) is 0 Å². The molecule has 0 aromatic heterocycles. The zero-order valence-corrected chi connectivity index (χ0v) is 9.33. The Bertz CT molecular complexity index is 121. The van der Waals surface area contributed by atoms with Crippen LogP contribution in [0.1, 0.15) is 12.8 Å². The normalized spacial score (nSPS) is 26.0. The molecule has 1 atom stereocenters. The van der Waals surface area contributed by atoms with Crippen LogP contribution in [0.25, 0.3) is 0 Å². The average Bonchev–Trinajstić information content (AvgIpc) is 2.15. The number of piperidine rings is 1. The van der Waals surface area contributed by atoms with Crippen LogP contribution >= 0.6 is 23.4 Å². The molecule has 0 N–H and O–H groups in total. The van der Waals surface area contributed by atoms with Crippen LogP contribution in [0.15, 0.2) is 0 Å². The summed E-state index contributed by atoms with van der Waals surface area (Å²) in [7, 11) is 0. The summed E-state index contributed by atoms with van der Waals surface area (Å²) in [5.41, 5.74) is 0. The van der Waals surface area contributed by atoms with Crippen molar-refractivity contribution in [2.45, 2.75) is 12.8 Å². The van der Waals surface area contributed by atoms with Gasteiger partial charge in [0.05, 0.1) is 0 Å². The highest BCUT2D eigenvalue weighted by molar-refractivity contribution is 7.98. The second-order valence-corrected chi connectivity index (χ2v) is 4.75. The Balaban J connectivity index is 2.16. The molecule has 0 radical (unpaired) electrons. The molecule has 0 aromatic rings. The lowest BCUT2D eigenvalue weighted by Crippen LogP contribution is -2.37. The van der Waals surface area contributed by atoms with E-state index in [4.69, 9.17) is 11.6 Å². The van der Waals surface area contributed by atoms with Gasteiger partial charge in [0.15, 0.2) is 0 Å². The first kappa shape index (κ1) is 10.7. The number of halogens is 1. The molecule has 0 aromatic carbocycles. The second kappa shape index (κ2) is 6.11. The number of thioether (sulfide) groups is 1. The quantitative estimate of drug-likeness (QED) is 0.651. The van der Waals surface area contributed by atoms with Gasteiger partial charge in [-0.25, -0.2) is 0 Å². The molecule has 3 heteroatoms. The minimum Gasteiger partial charge on any atom is -0.302 e. The number of likely N-dealkylation sites (tertiary alicyclic amines) is 1. The molecule has 1 unspecified atom stereocenters. The maximum Gasteiger partial charge on any atom is 0.0263 e. The summed E-state index contributed by atoms with van der Waals surface area (Å²) in [4.78, 5) is 2.55. The predicted molar refractivity (Wildman–Crippen MR) is 58.3 cm³/mol. The van der Waals surface area contributed by atoms with Gasteiger partial charge in [0.2, 0.25) is 0 Å². The van der Waals surface area contributed by atoms with Crippen molar-refractivity contribution >= 4 is 23.4 Å². The van der Waals surface area contributed by atoms with Crippen LogP contribution in [-0.4, -0.2) is 42.4 Å². The Kier molecular flexibility index (Phi) is 5.44. The van der Waals surface area contributed by atoms with Crippen LogP contribution in [-0.2, 0) is 0 Å².